The van der Waals surface area contributed by atoms with Crippen LogP contribution in [-0.4, -0.2) is 18.3 Å². The smallest absolute Gasteiger partial charge is 0.122 e. The van der Waals surface area contributed by atoms with Crippen molar-refractivity contribution in [1.29, 1.82) is 0 Å². The van der Waals surface area contributed by atoms with E-state index >= 15 is 0 Å². The molecule has 1 aliphatic rings. The van der Waals surface area contributed by atoms with E-state index in [1.54, 1.807) is 6.07 Å². The molecule has 18 heavy (non-hydrogen) atoms. The van der Waals surface area contributed by atoms with Crippen molar-refractivity contribution < 1.29 is 9.84 Å². The van der Waals surface area contributed by atoms with Crippen LogP contribution in [0.2, 0.25) is 0 Å². The molecule has 6 heteroatoms. The van der Waals surface area contributed by atoms with Crippen molar-refractivity contribution >= 4 is 44.3 Å². The maximum Gasteiger partial charge on any atom is 0.122 e. The number of halogens is 3. The monoisotopic (exact) mass is 399 g/mol. The molecule has 1 atom stereocenters. The Kier molecular flexibility index (Phi) is 6.41. The number of aromatic hydroxyl groups is 1. The van der Waals surface area contributed by atoms with Gasteiger partial charge in [-0.05, 0) is 30.9 Å². The number of rotatable bonds is 2. The van der Waals surface area contributed by atoms with Gasteiger partial charge in [-0.25, -0.2) is 0 Å². The summed E-state index contributed by atoms with van der Waals surface area (Å²) in [6.07, 6.45) is 1.90. The van der Waals surface area contributed by atoms with E-state index in [1.165, 1.54) is 0 Å². The predicted octanol–water partition coefficient (Wildman–Crippen LogP) is 3.77. The van der Waals surface area contributed by atoms with Crippen LogP contribution in [0.4, 0.5) is 0 Å². The highest BCUT2D eigenvalue weighted by atomic mass is 79.9. The highest BCUT2D eigenvalue weighted by Gasteiger charge is 2.26. The van der Waals surface area contributed by atoms with Gasteiger partial charge in [-0.15, -0.1) is 12.4 Å². The van der Waals surface area contributed by atoms with Crippen LogP contribution in [-0.2, 0) is 4.74 Å². The minimum absolute atomic E-state index is 0. The van der Waals surface area contributed by atoms with Crippen LogP contribution in [0, 0.1) is 5.92 Å². The lowest BCUT2D eigenvalue weighted by molar-refractivity contribution is 0.0580. The predicted molar refractivity (Wildman–Crippen MR) is 81.2 cm³/mol. The summed E-state index contributed by atoms with van der Waals surface area (Å²) in [6, 6.07) is 3.44. The summed E-state index contributed by atoms with van der Waals surface area (Å²) < 4.78 is 7.02. The zero-order chi connectivity index (χ0) is 12.4. The van der Waals surface area contributed by atoms with Gasteiger partial charge in [-0.1, -0.05) is 31.9 Å². The molecule has 0 unspecified atom stereocenters. The molecule has 1 saturated heterocycles. The van der Waals surface area contributed by atoms with E-state index in [4.69, 9.17) is 10.5 Å². The van der Waals surface area contributed by atoms with Gasteiger partial charge >= 0.3 is 0 Å². The van der Waals surface area contributed by atoms with E-state index < -0.39 is 0 Å². The van der Waals surface area contributed by atoms with Gasteiger partial charge in [0, 0.05) is 33.8 Å². The van der Waals surface area contributed by atoms with Crippen LogP contribution in [0.25, 0.3) is 0 Å². The third-order valence-electron chi connectivity index (χ3n) is 3.18. The average molecular weight is 402 g/mol. The summed E-state index contributed by atoms with van der Waals surface area (Å²) in [5.41, 5.74) is 7.05. The Bertz CT molecular complexity index is 388. The lowest BCUT2D eigenvalue weighted by atomic mass is 9.87. The van der Waals surface area contributed by atoms with Crippen LogP contribution >= 0.6 is 44.3 Å². The largest absolute Gasteiger partial charge is 0.508 e. The Morgan fingerprint density at radius 2 is 1.89 bits per heavy atom. The first-order valence-electron chi connectivity index (χ1n) is 5.61. The maximum absolute atomic E-state index is 10.0. The molecule has 0 aromatic heterocycles. The SMILES string of the molecule is Cl.N[C@H](c1c(O)cc(Br)cc1Br)C1CCOCC1. The summed E-state index contributed by atoms with van der Waals surface area (Å²) in [4.78, 5) is 0. The lowest BCUT2D eigenvalue weighted by Crippen LogP contribution is -2.27. The number of hydrogen-bond donors (Lipinski definition) is 2. The number of hydrogen-bond acceptors (Lipinski definition) is 3. The van der Waals surface area contributed by atoms with Crippen molar-refractivity contribution in [3.05, 3.63) is 26.6 Å². The van der Waals surface area contributed by atoms with E-state index in [2.05, 4.69) is 31.9 Å². The van der Waals surface area contributed by atoms with Gasteiger partial charge in [-0.3, -0.25) is 0 Å². The second kappa shape index (κ2) is 7.10. The first-order valence-corrected chi connectivity index (χ1v) is 7.19. The summed E-state index contributed by atoms with van der Waals surface area (Å²) in [7, 11) is 0. The van der Waals surface area contributed by atoms with Crippen molar-refractivity contribution in [3.63, 3.8) is 0 Å². The number of ether oxygens (including phenoxy) is 1. The molecule has 3 nitrogen and oxygen atoms in total. The highest BCUT2D eigenvalue weighted by molar-refractivity contribution is 9.11. The molecule has 0 bridgehead atoms. The van der Waals surface area contributed by atoms with E-state index in [-0.39, 0.29) is 24.2 Å². The molecule has 1 aliphatic heterocycles. The average Bonchev–Trinajstić information content (AvgIpc) is 2.28. The van der Waals surface area contributed by atoms with Gasteiger partial charge < -0.3 is 15.6 Å². The van der Waals surface area contributed by atoms with Crippen molar-refractivity contribution in [3.8, 4) is 5.75 Å². The fourth-order valence-corrected chi connectivity index (χ4v) is 3.68. The zero-order valence-corrected chi connectivity index (χ0v) is 13.7. The number of phenolic OH excluding ortho intramolecular Hbond substituents is 1. The summed E-state index contributed by atoms with van der Waals surface area (Å²) in [5.74, 6) is 0.609. The highest BCUT2D eigenvalue weighted by Crippen LogP contribution is 2.39. The van der Waals surface area contributed by atoms with Gasteiger partial charge in [0.05, 0.1) is 0 Å². The van der Waals surface area contributed by atoms with E-state index in [0.717, 1.165) is 40.6 Å². The molecular formula is C12H16Br2ClNO2. The van der Waals surface area contributed by atoms with E-state index in [9.17, 15) is 5.11 Å². The Morgan fingerprint density at radius 3 is 2.44 bits per heavy atom. The molecule has 1 heterocycles. The van der Waals surface area contributed by atoms with Gasteiger partial charge in [0.1, 0.15) is 5.75 Å². The third kappa shape index (κ3) is 3.61. The lowest BCUT2D eigenvalue weighted by Gasteiger charge is -2.28. The van der Waals surface area contributed by atoms with Gasteiger partial charge in [-0.2, -0.15) is 0 Å². The summed E-state index contributed by atoms with van der Waals surface area (Å²) in [5, 5.41) is 10.0. The maximum atomic E-state index is 10.0. The number of phenols is 1. The molecular weight excluding hydrogens is 385 g/mol. The van der Waals surface area contributed by atoms with Crippen LogP contribution < -0.4 is 5.73 Å². The number of nitrogens with two attached hydrogens (primary N) is 1. The van der Waals surface area contributed by atoms with Crippen molar-refractivity contribution in [1.82, 2.24) is 0 Å². The van der Waals surface area contributed by atoms with E-state index in [1.807, 2.05) is 6.07 Å². The molecule has 1 aromatic rings. The normalized spacial score (nSPS) is 18.2. The molecule has 1 fully saturated rings. The Labute approximate surface area is 130 Å². The second-order valence-corrected chi connectivity index (χ2v) is 6.07. The molecule has 0 spiro atoms. The van der Waals surface area contributed by atoms with E-state index in [0.29, 0.717) is 5.92 Å². The molecule has 0 aliphatic carbocycles. The Hall–Kier alpha value is 0.190. The van der Waals surface area contributed by atoms with Gasteiger partial charge in [0.25, 0.3) is 0 Å². The quantitative estimate of drug-likeness (QED) is 0.793. The van der Waals surface area contributed by atoms with Crippen LogP contribution in [0.3, 0.4) is 0 Å². The molecule has 3 N–H and O–H groups in total. The Morgan fingerprint density at radius 1 is 1.28 bits per heavy atom. The fraction of sp³-hybridized carbons (Fsp3) is 0.500. The minimum Gasteiger partial charge on any atom is -0.508 e. The van der Waals surface area contributed by atoms with Crippen LogP contribution in [0.15, 0.2) is 21.1 Å². The second-order valence-electron chi connectivity index (χ2n) is 4.30. The molecule has 2 rings (SSSR count). The topological polar surface area (TPSA) is 55.5 Å². The molecule has 0 radical (unpaired) electrons. The number of benzene rings is 1. The zero-order valence-electron chi connectivity index (χ0n) is 9.73. The van der Waals surface area contributed by atoms with Gasteiger partial charge in [0.2, 0.25) is 0 Å². The van der Waals surface area contributed by atoms with Crippen LogP contribution in [0.1, 0.15) is 24.4 Å². The standard InChI is InChI=1S/C12H15Br2NO2.ClH/c13-8-5-9(14)11(10(16)6-8)12(15)7-1-3-17-4-2-7;/h5-7,12,16H,1-4,15H2;1H/t12-;/m0./s1. The van der Waals surface area contributed by atoms with Crippen molar-refractivity contribution in [2.24, 2.45) is 11.7 Å². The minimum atomic E-state index is -0.152. The molecule has 1 aromatic carbocycles. The Balaban J connectivity index is 0.00000162. The molecule has 0 saturated carbocycles. The summed E-state index contributed by atoms with van der Waals surface area (Å²) >= 11 is 6.81. The molecule has 0 amide bonds. The van der Waals surface area contributed by atoms with Crippen molar-refractivity contribution in [2.45, 2.75) is 18.9 Å². The first-order chi connectivity index (χ1) is 8.09. The third-order valence-corrected chi connectivity index (χ3v) is 4.29. The summed E-state index contributed by atoms with van der Waals surface area (Å²) in [6.45, 7) is 1.51. The fourth-order valence-electron chi connectivity index (χ4n) is 2.21. The molecule has 102 valence electrons. The first kappa shape index (κ1) is 16.2. The van der Waals surface area contributed by atoms with Crippen LogP contribution in [0.5, 0.6) is 5.75 Å². The van der Waals surface area contributed by atoms with Crippen molar-refractivity contribution in [2.75, 3.05) is 13.2 Å². The van der Waals surface area contributed by atoms with Gasteiger partial charge in [0.15, 0.2) is 0 Å².